The van der Waals surface area contributed by atoms with E-state index in [1.54, 1.807) is 37.3 Å². The molecule has 0 aliphatic rings. The van der Waals surface area contributed by atoms with Crippen LogP contribution in [0.1, 0.15) is 26.3 Å². The number of rotatable bonds is 11. The second-order valence-corrected chi connectivity index (χ2v) is 11.6. The summed E-state index contributed by atoms with van der Waals surface area (Å²) in [4.78, 5) is 27.9. The summed E-state index contributed by atoms with van der Waals surface area (Å²) in [7, 11) is -1.13. The lowest BCUT2D eigenvalue weighted by atomic mass is 10.1. The van der Waals surface area contributed by atoms with E-state index < -0.39 is 28.7 Å². The van der Waals surface area contributed by atoms with Crippen molar-refractivity contribution in [1.82, 2.24) is 14.5 Å². The number of hydrogen-bond acceptors (Lipinski definition) is 4. The van der Waals surface area contributed by atoms with Gasteiger partial charge in [-0.25, -0.2) is 4.31 Å². The van der Waals surface area contributed by atoms with E-state index in [0.717, 1.165) is 18.6 Å². The standard InChI is InChI=1S/C24H33BrN4O4S/c1-18(2)15-26-24(31)19(3)28(16-20-10-9-11-21(25)14-20)23(30)17-29(34(32,33)27(4)5)22-12-7-6-8-13-22/h6-14,18-19H,15-17H2,1-5H3,(H,26,31)/t19-/m1/s1. The number of anilines is 1. The highest BCUT2D eigenvalue weighted by atomic mass is 79.9. The quantitative estimate of drug-likeness (QED) is 0.463. The molecule has 0 aliphatic heterocycles. The fraction of sp³-hybridized carbons (Fsp3) is 0.417. The zero-order valence-corrected chi connectivity index (χ0v) is 22.6. The molecule has 186 valence electrons. The Kier molecular flexibility index (Phi) is 10.1. The predicted octanol–water partition coefficient (Wildman–Crippen LogP) is 3.25. The molecule has 0 saturated heterocycles. The van der Waals surface area contributed by atoms with Crippen LogP contribution in [-0.2, 0) is 26.3 Å². The third-order valence-corrected chi connectivity index (χ3v) is 7.47. The summed E-state index contributed by atoms with van der Waals surface area (Å²) in [6.45, 7) is 5.81. The zero-order valence-electron chi connectivity index (χ0n) is 20.2. The number of nitrogens with one attached hydrogen (secondary N) is 1. The van der Waals surface area contributed by atoms with Crippen molar-refractivity contribution >= 4 is 43.6 Å². The lowest BCUT2D eigenvalue weighted by Crippen LogP contribution is -2.52. The van der Waals surface area contributed by atoms with Crippen molar-refractivity contribution in [3.05, 3.63) is 64.6 Å². The smallest absolute Gasteiger partial charge is 0.304 e. The number of halogens is 1. The second kappa shape index (κ2) is 12.3. The molecule has 0 spiro atoms. The van der Waals surface area contributed by atoms with Crippen molar-refractivity contribution in [3.8, 4) is 0 Å². The lowest BCUT2D eigenvalue weighted by molar-refractivity contribution is -0.139. The maximum absolute atomic E-state index is 13.6. The molecule has 2 aromatic carbocycles. The monoisotopic (exact) mass is 552 g/mol. The highest BCUT2D eigenvalue weighted by molar-refractivity contribution is 9.10. The van der Waals surface area contributed by atoms with E-state index in [1.165, 1.54) is 19.0 Å². The average Bonchev–Trinajstić information content (AvgIpc) is 2.79. The summed E-state index contributed by atoms with van der Waals surface area (Å²) in [6.07, 6.45) is 0. The Hall–Kier alpha value is -2.43. The SMILES string of the molecule is CC(C)CNC(=O)[C@@H](C)N(Cc1cccc(Br)c1)C(=O)CN(c1ccccc1)S(=O)(=O)N(C)C. The first-order valence-electron chi connectivity index (χ1n) is 11.0. The molecule has 0 aliphatic carbocycles. The minimum Gasteiger partial charge on any atom is -0.354 e. The molecule has 0 fully saturated rings. The lowest BCUT2D eigenvalue weighted by Gasteiger charge is -2.33. The van der Waals surface area contributed by atoms with Crippen LogP contribution in [0.2, 0.25) is 0 Å². The van der Waals surface area contributed by atoms with Crippen molar-refractivity contribution in [2.45, 2.75) is 33.4 Å². The summed E-state index contributed by atoms with van der Waals surface area (Å²) < 4.78 is 29.1. The van der Waals surface area contributed by atoms with Gasteiger partial charge in [0.15, 0.2) is 0 Å². The van der Waals surface area contributed by atoms with Gasteiger partial charge in [-0.2, -0.15) is 12.7 Å². The molecule has 1 atom stereocenters. The maximum Gasteiger partial charge on any atom is 0.304 e. The third-order valence-electron chi connectivity index (χ3n) is 5.16. The van der Waals surface area contributed by atoms with Gasteiger partial charge < -0.3 is 10.2 Å². The molecule has 0 radical (unpaired) electrons. The molecule has 34 heavy (non-hydrogen) atoms. The van der Waals surface area contributed by atoms with Gasteiger partial charge in [-0.15, -0.1) is 0 Å². The Morgan fingerprint density at radius 2 is 1.65 bits per heavy atom. The molecule has 2 amide bonds. The first-order valence-corrected chi connectivity index (χ1v) is 13.2. The van der Waals surface area contributed by atoms with E-state index in [-0.39, 0.29) is 18.4 Å². The molecule has 0 bridgehead atoms. The fourth-order valence-electron chi connectivity index (χ4n) is 3.18. The van der Waals surface area contributed by atoms with Crippen LogP contribution in [0.15, 0.2) is 59.1 Å². The first kappa shape index (κ1) is 27.8. The number of nitrogens with zero attached hydrogens (tertiary/aromatic N) is 3. The van der Waals surface area contributed by atoms with Gasteiger partial charge in [0.1, 0.15) is 12.6 Å². The summed E-state index contributed by atoms with van der Waals surface area (Å²) in [5.41, 5.74) is 1.18. The van der Waals surface area contributed by atoms with Gasteiger partial charge in [0.2, 0.25) is 11.8 Å². The number of carbonyl (C=O) groups is 2. The third kappa shape index (κ3) is 7.54. The fourth-order valence-corrected chi connectivity index (χ4v) is 4.68. The van der Waals surface area contributed by atoms with E-state index >= 15 is 0 Å². The van der Waals surface area contributed by atoms with Gasteiger partial charge in [0.25, 0.3) is 0 Å². The van der Waals surface area contributed by atoms with E-state index in [2.05, 4.69) is 21.2 Å². The van der Waals surface area contributed by atoms with Gasteiger partial charge in [-0.3, -0.25) is 9.59 Å². The Bertz CT molecular complexity index is 1080. The molecule has 1 N–H and O–H groups in total. The molecular weight excluding hydrogens is 520 g/mol. The van der Waals surface area contributed by atoms with Crippen LogP contribution in [-0.4, -0.2) is 62.7 Å². The van der Waals surface area contributed by atoms with Crippen molar-refractivity contribution < 1.29 is 18.0 Å². The molecular formula is C24H33BrN4O4S. The largest absolute Gasteiger partial charge is 0.354 e. The van der Waals surface area contributed by atoms with Gasteiger partial charge >= 0.3 is 10.2 Å². The maximum atomic E-state index is 13.6. The minimum atomic E-state index is -3.96. The molecule has 2 rings (SSSR count). The van der Waals surface area contributed by atoms with Crippen LogP contribution >= 0.6 is 15.9 Å². The van der Waals surface area contributed by atoms with Gasteiger partial charge in [0.05, 0.1) is 5.69 Å². The molecule has 8 nitrogen and oxygen atoms in total. The molecule has 0 heterocycles. The van der Waals surface area contributed by atoms with Crippen LogP contribution in [0.4, 0.5) is 5.69 Å². The van der Waals surface area contributed by atoms with Crippen LogP contribution in [0.3, 0.4) is 0 Å². The molecule has 0 unspecified atom stereocenters. The zero-order chi connectivity index (χ0) is 25.5. The Morgan fingerprint density at radius 3 is 2.21 bits per heavy atom. The van der Waals surface area contributed by atoms with Crippen molar-refractivity contribution in [2.75, 3.05) is 31.5 Å². The number of amides is 2. The van der Waals surface area contributed by atoms with Crippen LogP contribution in [0.25, 0.3) is 0 Å². The summed E-state index contributed by atoms with van der Waals surface area (Å²) >= 11 is 3.43. The van der Waals surface area contributed by atoms with Crippen LogP contribution in [0, 0.1) is 5.92 Å². The highest BCUT2D eigenvalue weighted by Gasteiger charge is 2.32. The Balaban J connectivity index is 2.40. The van der Waals surface area contributed by atoms with E-state index in [0.29, 0.717) is 12.2 Å². The predicted molar refractivity (Wildman–Crippen MR) is 138 cm³/mol. The van der Waals surface area contributed by atoms with Gasteiger partial charge in [-0.1, -0.05) is 60.1 Å². The van der Waals surface area contributed by atoms with Crippen molar-refractivity contribution in [2.24, 2.45) is 5.92 Å². The van der Waals surface area contributed by atoms with E-state index in [4.69, 9.17) is 0 Å². The minimum absolute atomic E-state index is 0.152. The van der Waals surface area contributed by atoms with Crippen molar-refractivity contribution in [3.63, 3.8) is 0 Å². The number of para-hydroxylation sites is 1. The van der Waals surface area contributed by atoms with Crippen LogP contribution < -0.4 is 9.62 Å². The van der Waals surface area contributed by atoms with Gasteiger partial charge in [0, 0.05) is 31.7 Å². The molecule has 0 saturated carbocycles. The van der Waals surface area contributed by atoms with E-state index in [1.807, 2.05) is 38.1 Å². The second-order valence-electron chi connectivity index (χ2n) is 8.60. The first-order chi connectivity index (χ1) is 15.9. The summed E-state index contributed by atoms with van der Waals surface area (Å²) in [5, 5.41) is 2.87. The summed E-state index contributed by atoms with van der Waals surface area (Å²) in [5.74, 6) is -0.524. The van der Waals surface area contributed by atoms with E-state index in [9.17, 15) is 18.0 Å². The molecule has 2 aromatic rings. The van der Waals surface area contributed by atoms with Crippen LogP contribution in [0.5, 0.6) is 0 Å². The molecule has 0 aromatic heterocycles. The average molecular weight is 554 g/mol. The Morgan fingerprint density at radius 1 is 1.00 bits per heavy atom. The normalized spacial score (nSPS) is 12.5. The highest BCUT2D eigenvalue weighted by Crippen LogP contribution is 2.21. The number of carbonyl (C=O) groups excluding carboxylic acids is 2. The summed E-state index contributed by atoms with van der Waals surface area (Å²) in [6, 6.07) is 15.1. The van der Waals surface area contributed by atoms with Crippen molar-refractivity contribution in [1.29, 1.82) is 0 Å². The molecule has 10 heteroatoms. The number of hydrogen-bond donors (Lipinski definition) is 1. The topological polar surface area (TPSA) is 90.0 Å². The number of benzene rings is 2. The Labute approximate surface area is 211 Å². The van der Waals surface area contributed by atoms with Gasteiger partial charge in [-0.05, 0) is 42.7 Å².